The molecule has 4 aromatic rings. The monoisotopic (exact) mass is 425 g/mol. The molecule has 0 unspecified atom stereocenters. The van der Waals surface area contributed by atoms with E-state index in [-0.39, 0.29) is 11.6 Å². The van der Waals surface area contributed by atoms with Crippen LogP contribution < -0.4 is 5.32 Å². The predicted molar refractivity (Wildman–Crippen MR) is 123 cm³/mol. The molecule has 32 heavy (non-hydrogen) atoms. The van der Waals surface area contributed by atoms with Crippen molar-refractivity contribution in [2.75, 3.05) is 5.32 Å². The van der Waals surface area contributed by atoms with Gasteiger partial charge in [-0.15, -0.1) is 0 Å². The van der Waals surface area contributed by atoms with Crippen LogP contribution in [0.15, 0.2) is 89.7 Å². The van der Waals surface area contributed by atoms with Gasteiger partial charge in [-0.1, -0.05) is 30.3 Å². The molecule has 1 amide bonds. The first kappa shape index (κ1) is 20.7. The van der Waals surface area contributed by atoms with Crippen LogP contribution in [-0.4, -0.2) is 15.8 Å². The van der Waals surface area contributed by atoms with E-state index >= 15 is 0 Å². The number of carbonyl (C=O) groups is 1. The van der Waals surface area contributed by atoms with Crippen molar-refractivity contribution in [1.29, 1.82) is 0 Å². The van der Waals surface area contributed by atoms with E-state index in [4.69, 9.17) is 4.42 Å². The molecule has 7 heteroatoms. The lowest BCUT2D eigenvalue weighted by atomic mass is 9.98. The number of benzene rings is 3. The summed E-state index contributed by atoms with van der Waals surface area (Å²) in [5.41, 5.74) is 5.24. The third kappa shape index (κ3) is 4.79. The molecule has 0 spiro atoms. The van der Waals surface area contributed by atoms with Crippen LogP contribution in [0.5, 0.6) is 0 Å². The van der Waals surface area contributed by atoms with Crippen LogP contribution in [0.4, 0.5) is 11.4 Å². The summed E-state index contributed by atoms with van der Waals surface area (Å²) in [6.07, 6.45) is 6.03. The Morgan fingerprint density at radius 3 is 2.56 bits per heavy atom. The topological polar surface area (TPSA) is 98.3 Å². The second-order valence-electron chi connectivity index (χ2n) is 7.12. The fraction of sp³-hybridized carbons (Fsp3) is 0.0400. The molecule has 4 rings (SSSR count). The summed E-state index contributed by atoms with van der Waals surface area (Å²) in [5, 5.41) is 13.6. The lowest BCUT2D eigenvalue weighted by Gasteiger charge is -2.09. The summed E-state index contributed by atoms with van der Waals surface area (Å²) < 4.78 is 5.39. The van der Waals surface area contributed by atoms with Gasteiger partial charge in [0.15, 0.2) is 0 Å². The van der Waals surface area contributed by atoms with E-state index in [1.54, 1.807) is 24.6 Å². The lowest BCUT2D eigenvalue weighted by Crippen LogP contribution is -2.07. The van der Waals surface area contributed by atoms with Crippen molar-refractivity contribution in [2.45, 2.75) is 6.92 Å². The van der Waals surface area contributed by atoms with Crippen LogP contribution in [0, 0.1) is 17.0 Å². The molecule has 1 aromatic heterocycles. The van der Waals surface area contributed by atoms with E-state index in [9.17, 15) is 14.9 Å². The van der Waals surface area contributed by atoms with Gasteiger partial charge >= 0.3 is 0 Å². The number of carbonyl (C=O) groups excluding carboxylic acids is 1. The smallest absolute Gasteiger partial charge is 0.270 e. The zero-order valence-corrected chi connectivity index (χ0v) is 17.2. The molecule has 0 saturated heterocycles. The molecule has 0 bridgehead atoms. The first-order valence-electron chi connectivity index (χ1n) is 9.84. The zero-order chi connectivity index (χ0) is 22.5. The SMILES string of the molecule is Cc1ccc(-c2ncco2)cc1-c1ccc(NC(=O)/C=C\c2cccc([N+](=O)[O-])c2)cc1. The number of aryl methyl sites for hydroxylation is 1. The molecule has 0 saturated carbocycles. The van der Waals surface area contributed by atoms with E-state index < -0.39 is 4.92 Å². The minimum atomic E-state index is -0.471. The van der Waals surface area contributed by atoms with Gasteiger partial charge in [0.2, 0.25) is 11.8 Å². The number of nitrogens with one attached hydrogen (secondary N) is 1. The average molecular weight is 425 g/mol. The van der Waals surface area contributed by atoms with Gasteiger partial charge in [0.25, 0.3) is 5.69 Å². The molecule has 0 aliphatic heterocycles. The van der Waals surface area contributed by atoms with E-state index in [0.29, 0.717) is 17.1 Å². The van der Waals surface area contributed by atoms with Crippen molar-refractivity contribution in [3.05, 3.63) is 107 Å². The van der Waals surface area contributed by atoms with Crippen LogP contribution in [-0.2, 0) is 4.79 Å². The fourth-order valence-corrected chi connectivity index (χ4v) is 3.26. The van der Waals surface area contributed by atoms with E-state index in [1.165, 1.54) is 24.3 Å². The number of anilines is 1. The Kier molecular flexibility index (Phi) is 5.89. The van der Waals surface area contributed by atoms with Gasteiger partial charge in [-0.3, -0.25) is 14.9 Å². The van der Waals surface area contributed by atoms with Gasteiger partial charge < -0.3 is 9.73 Å². The Hall–Kier alpha value is -4.52. The number of non-ortho nitro benzene ring substituents is 1. The summed E-state index contributed by atoms with van der Waals surface area (Å²) >= 11 is 0. The quantitative estimate of drug-likeness (QED) is 0.236. The van der Waals surface area contributed by atoms with Crippen LogP contribution in [0.25, 0.3) is 28.7 Å². The van der Waals surface area contributed by atoms with E-state index in [1.807, 2.05) is 49.4 Å². The van der Waals surface area contributed by atoms with Gasteiger partial charge in [-0.2, -0.15) is 0 Å². The Bertz CT molecular complexity index is 1290. The molecule has 0 fully saturated rings. The Balaban J connectivity index is 1.46. The van der Waals surface area contributed by atoms with Gasteiger partial charge in [0.05, 0.1) is 11.1 Å². The average Bonchev–Trinajstić information content (AvgIpc) is 3.34. The van der Waals surface area contributed by atoms with Gasteiger partial charge in [0.1, 0.15) is 6.26 Å². The molecular weight excluding hydrogens is 406 g/mol. The number of nitro benzene ring substituents is 1. The standard InChI is InChI=1S/C25H19N3O4/c1-17-5-7-20(25-26-13-14-32-25)16-23(17)19-8-10-21(11-9-19)27-24(29)12-6-18-3-2-4-22(15-18)28(30)31/h2-16H,1H3,(H,27,29)/b12-6-. The second kappa shape index (κ2) is 9.09. The van der Waals surface area contributed by atoms with E-state index in [0.717, 1.165) is 22.3 Å². The van der Waals surface area contributed by atoms with Crippen LogP contribution >= 0.6 is 0 Å². The molecule has 3 aromatic carbocycles. The highest BCUT2D eigenvalue weighted by Crippen LogP contribution is 2.29. The maximum Gasteiger partial charge on any atom is 0.270 e. The molecule has 0 aliphatic rings. The van der Waals surface area contributed by atoms with Crippen LogP contribution in [0.3, 0.4) is 0 Å². The van der Waals surface area contributed by atoms with E-state index in [2.05, 4.69) is 10.3 Å². The summed E-state index contributed by atoms with van der Waals surface area (Å²) in [7, 11) is 0. The number of hydrogen-bond acceptors (Lipinski definition) is 5. The second-order valence-corrected chi connectivity index (χ2v) is 7.12. The van der Waals surface area contributed by atoms with Crippen molar-refractivity contribution in [3.8, 4) is 22.6 Å². The number of nitro groups is 1. The molecule has 1 heterocycles. The third-order valence-electron chi connectivity index (χ3n) is 4.89. The molecule has 0 atom stereocenters. The number of oxazole rings is 1. The van der Waals surface area contributed by atoms with Crippen molar-refractivity contribution >= 4 is 23.4 Å². The van der Waals surface area contributed by atoms with Crippen molar-refractivity contribution in [1.82, 2.24) is 4.98 Å². The first-order chi connectivity index (χ1) is 15.5. The number of nitrogens with zero attached hydrogens (tertiary/aromatic N) is 2. The Morgan fingerprint density at radius 2 is 1.84 bits per heavy atom. The highest BCUT2D eigenvalue weighted by Gasteiger charge is 2.09. The molecule has 1 N–H and O–H groups in total. The summed E-state index contributed by atoms with van der Waals surface area (Å²) in [5.74, 6) is 0.233. The first-order valence-corrected chi connectivity index (χ1v) is 9.84. The maximum absolute atomic E-state index is 12.2. The highest BCUT2D eigenvalue weighted by atomic mass is 16.6. The van der Waals surface area contributed by atoms with Gasteiger partial charge in [0, 0.05) is 29.5 Å². The number of amides is 1. The lowest BCUT2D eigenvalue weighted by molar-refractivity contribution is -0.384. The Labute approximate surface area is 184 Å². The van der Waals surface area contributed by atoms with Crippen LogP contribution in [0.2, 0.25) is 0 Å². The maximum atomic E-state index is 12.2. The van der Waals surface area contributed by atoms with Crippen LogP contribution in [0.1, 0.15) is 11.1 Å². The Morgan fingerprint density at radius 1 is 1.06 bits per heavy atom. The summed E-state index contributed by atoms with van der Waals surface area (Å²) in [6, 6.07) is 19.6. The summed E-state index contributed by atoms with van der Waals surface area (Å²) in [4.78, 5) is 26.8. The fourth-order valence-electron chi connectivity index (χ4n) is 3.26. The number of aromatic nitrogens is 1. The molecule has 0 radical (unpaired) electrons. The number of hydrogen-bond donors (Lipinski definition) is 1. The summed E-state index contributed by atoms with van der Waals surface area (Å²) in [6.45, 7) is 2.03. The minimum absolute atomic E-state index is 0.0228. The molecule has 0 aliphatic carbocycles. The van der Waals surface area contributed by atoms with Gasteiger partial charge in [-0.05, 0) is 59.5 Å². The zero-order valence-electron chi connectivity index (χ0n) is 17.2. The predicted octanol–water partition coefficient (Wildman–Crippen LogP) is 5.88. The van der Waals surface area contributed by atoms with Gasteiger partial charge in [-0.25, -0.2) is 4.98 Å². The van der Waals surface area contributed by atoms with Crippen molar-refractivity contribution in [3.63, 3.8) is 0 Å². The molecule has 7 nitrogen and oxygen atoms in total. The molecule has 158 valence electrons. The molecular formula is C25H19N3O4. The minimum Gasteiger partial charge on any atom is -0.445 e. The normalized spacial score (nSPS) is 10.9. The van der Waals surface area contributed by atoms with Crippen molar-refractivity contribution in [2.24, 2.45) is 0 Å². The van der Waals surface area contributed by atoms with Crippen molar-refractivity contribution < 1.29 is 14.1 Å². The third-order valence-corrected chi connectivity index (χ3v) is 4.89. The largest absolute Gasteiger partial charge is 0.445 e. The number of rotatable bonds is 6. The highest BCUT2D eigenvalue weighted by molar-refractivity contribution is 6.02.